The minimum absolute atomic E-state index is 0.115. The van der Waals surface area contributed by atoms with Crippen molar-refractivity contribution in [3.8, 4) is 5.75 Å². The second kappa shape index (κ2) is 6.27. The molecular weight excluding hydrogens is 321 g/mol. The summed E-state index contributed by atoms with van der Waals surface area (Å²) in [6, 6.07) is 9.12. The van der Waals surface area contributed by atoms with E-state index >= 15 is 0 Å². The van der Waals surface area contributed by atoms with Gasteiger partial charge in [-0.05, 0) is 35.9 Å². The summed E-state index contributed by atoms with van der Waals surface area (Å²) in [7, 11) is 0. The molecule has 2 rings (SSSR count). The highest BCUT2D eigenvalue weighted by atomic mass is 35.5. The maximum atomic E-state index is 13.0. The van der Waals surface area contributed by atoms with Gasteiger partial charge in [-0.25, -0.2) is 4.79 Å². The average molecular weight is 331 g/mol. The molecule has 3 nitrogen and oxygen atoms in total. The van der Waals surface area contributed by atoms with Gasteiger partial charge in [-0.2, -0.15) is 13.2 Å². The van der Waals surface area contributed by atoms with Crippen LogP contribution in [0.2, 0.25) is 5.02 Å². The number of hydrogen-bond donors (Lipinski definition) is 1. The standard InChI is InChI=1S/C15H10ClF3O3/c16-11-3-1-2-9(6-11)8-22-13-5-4-10(14(20)21)7-12(13)15(17,18)19/h1-7H,8H2,(H,20,21). The Morgan fingerprint density at radius 1 is 1.18 bits per heavy atom. The van der Waals surface area contributed by atoms with Crippen LogP contribution in [-0.2, 0) is 12.8 Å². The predicted molar refractivity (Wildman–Crippen MR) is 74.2 cm³/mol. The molecule has 0 spiro atoms. The van der Waals surface area contributed by atoms with Gasteiger partial charge in [0.05, 0.1) is 11.1 Å². The smallest absolute Gasteiger partial charge is 0.419 e. The molecule has 0 fully saturated rings. The molecule has 0 unspecified atom stereocenters. The van der Waals surface area contributed by atoms with E-state index in [4.69, 9.17) is 21.4 Å². The number of carbonyl (C=O) groups is 1. The molecule has 0 bridgehead atoms. The van der Waals surface area contributed by atoms with Gasteiger partial charge in [-0.3, -0.25) is 0 Å². The summed E-state index contributed by atoms with van der Waals surface area (Å²) in [5.41, 5.74) is -0.986. The van der Waals surface area contributed by atoms with E-state index in [9.17, 15) is 18.0 Å². The SMILES string of the molecule is O=C(O)c1ccc(OCc2cccc(Cl)c2)c(C(F)(F)F)c1. The zero-order valence-electron chi connectivity index (χ0n) is 11.0. The van der Waals surface area contributed by atoms with Crippen molar-refractivity contribution >= 4 is 17.6 Å². The first-order valence-electron chi connectivity index (χ1n) is 6.09. The summed E-state index contributed by atoms with van der Waals surface area (Å²) in [4.78, 5) is 10.8. The Kier molecular flexibility index (Phi) is 4.61. The topological polar surface area (TPSA) is 46.5 Å². The zero-order chi connectivity index (χ0) is 16.3. The second-order valence-electron chi connectivity index (χ2n) is 4.43. The summed E-state index contributed by atoms with van der Waals surface area (Å²) in [5.74, 6) is -1.87. The van der Waals surface area contributed by atoms with Gasteiger partial charge in [-0.15, -0.1) is 0 Å². The molecule has 116 valence electrons. The van der Waals surface area contributed by atoms with Crippen molar-refractivity contribution in [2.75, 3.05) is 0 Å². The van der Waals surface area contributed by atoms with Crippen molar-refractivity contribution in [2.45, 2.75) is 12.8 Å². The first-order valence-corrected chi connectivity index (χ1v) is 6.47. The third-order valence-corrected chi connectivity index (χ3v) is 3.05. The Balaban J connectivity index is 2.28. The maximum absolute atomic E-state index is 13.0. The Bertz CT molecular complexity index is 699. The summed E-state index contributed by atoms with van der Waals surface area (Å²) >= 11 is 5.79. The molecule has 0 amide bonds. The van der Waals surface area contributed by atoms with Gasteiger partial charge in [0, 0.05) is 5.02 Å². The Hall–Kier alpha value is -2.21. The highest BCUT2D eigenvalue weighted by Gasteiger charge is 2.35. The van der Waals surface area contributed by atoms with Crippen molar-refractivity contribution in [2.24, 2.45) is 0 Å². The lowest BCUT2D eigenvalue weighted by molar-refractivity contribution is -0.139. The fraction of sp³-hybridized carbons (Fsp3) is 0.133. The Morgan fingerprint density at radius 3 is 2.50 bits per heavy atom. The molecule has 0 saturated carbocycles. The van der Waals surface area contributed by atoms with Crippen LogP contribution >= 0.6 is 11.6 Å². The summed E-state index contributed by atoms with van der Waals surface area (Å²) < 4.78 is 44.1. The lowest BCUT2D eigenvalue weighted by Crippen LogP contribution is -2.11. The van der Waals surface area contributed by atoms with Gasteiger partial charge in [0.25, 0.3) is 0 Å². The van der Waals surface area contributed by atoms with Crippen molar-refractivity contribution < 1.29 is 27.8 Å². The zero-order valence-corrected chi connectivity index (χ0v) is 11.8. The Labute approximate surface area is 128 Å². The molecule has 2 aromatic rings. The molecule has 22 heavy (non-hydrogen) atoms. The highest BCUT2D eigenvalue weighted by Crippen LogP contribution is 2.37. The molecule has 0 aliphatic heterocycles. The van der Waals surface area contributed by atoms with E-state index in [0.29, 0.717) is 16.7 Å². The molecule has 2 aromatic carbocycles. The fourth-order valence-electron chi connectivity index (χ4n) is 1.80. The van der Waals surface area contributed by atoms with E-state index in [1.54, 1.807) is 24.3 Å². The predicted octanol–water partition coefficient (Wildman–Crippen LogP) is 4.64. The third-order valence-electron chi connectivity index (χ3n) is 2.82. The molecule has 1 N–H and O–H groups in total. The minimum atomic E-state index is -4.71. The van der Waals surface area contributed by atoms with Crippen LogP contribution in [-0.4, -0.2) is 11.1 Å². The first kappa shape index (κ1) is 16.2. The van der Waals surface area contributed by atoms with E-state index in [2.05, 4.69) is 0 Å². The molecule has 0 aliphatic rings. The molecule has 7 heteroatoms. The van der Waals surface area contributed by atoms with E-state index in [0.717, 1.165) is 12.1 Å². The quantitative estimate of drug-likeness (QED) is 0.888. The van der Waals surface area contributed by atoms with Crippen molar-refractivity contribution in [3.63, 3.8) is 0 Å². The van der Waals surface area contributed by atoms with Crippen molar-refractivity contribution in [1.29, 1.82) is 0 Å². The summed E-state index contributed by atoms with van der Waals surface area (Å²) in [6.45, 7) is -0.115. The van der Waals surface area contributed by atoms with E-state index < -0.39 is 29.0 Å². The van der Waals surface area contributed by atoms with E-state index in [-0.39, 0.29) is 6.61 Å². The van der Waals surface area contributed by atoms with Crippen LogP contribution in [0, 0.1) is 0 Å². The number of carboxylic acid groups (broad SMARTS) is 1. The number of hydrogen-bond acceptors (Lipinski definition) is 2. The molecule has 0 radical (unpaired) electrons. The fourth-order valence-corrected chi connectivity index (χ4v) is 2.01. The second-order valence-corrected chi connectivity index (χ2v) is 4.87. The van der Waals surface area contributed by atoms with Crippen LogP contribution in [0.1, 0.15) is 21.5 Å². The van der Waals surface area contributed by atoms with Gasteiger partial charge >= 0.3 is 12.1 Å². The number of halogens is 4. The monoisotopic (exact) mass is 330 g/mol. The lowest BCUT2D eigenvalue weighted by atomic mass is 10.1. The molecule has 0 aliphatic carbocycles. The van der Waals surface area contributed by atoms with Gasteiger partial charge in [-0.1, -0.05) is 23.7 Å². The van der Waals surface area contributed by atoms with Gasteiger partial charge < -0.3 is 9.84 Å². The first-order chi connectivity index (χ1) is 10.3. The number of ether oxygens (including phenoxy) is 1. The Morgan fingerprint density at radius 2 is 1.91 bits per heavy atom. The third kappa shape index (κ3) is 3.92. The normalized spacial score (nSPS) is 11.3. The number of alkyl halides is 3. The van der Waals surface area contributed by atoms with Gasteiger partial charge in [0.15, 0.2) is 0 Å². The van der Waals surface area contributed by atoms with Crippen LogP contribution in [0.15, 0.2) is 42.5 Å². The van der Waals surface area contributed by atoms with Gasteiger partial charge in [0.1, 0.15) is 12.4 Å². The van der Waals surface area contributed by atoms with Crippen LogP contribution in [0.4, 0.5) is 13.2 Å². The van der Waals surface area contributed by atoms with Crippen LogP contribution in [0.25, 0.3) is 0 Å². The number of benzene rings is 2. The maximum Gasteiger partial charge on any atom is 0.419 e. The van der Waals surface area contributed by atoms with Crippen molar-refractivity contribution in [1.82, 2.24) is 0 Å². The molecule has 0 aromatic heterocycles. The summed E-state index contributed by atoms with van der Waals surface area (Å²) in [6.07, 6.45) is -4.71. The number of aromatic carboxylic acids is 1. The van der Waals surface area contributed by atoms with Crippen LogP contribution < -0.4 is 4.74 Å². The van der Waals surface area contributed by atoms with Gasteiger partial charge in [0.2, 0.25) is 0 Å². The summed E-state index contributed by atoms with van der Waals surface area (Å²) in [5, 5.41) is 9.22. The number of rotatable bonds is 4. The van der Waals surface area contributed by atoms with E-state index in [1.807, 2.05) is 0 Å². The largest absolute Gasteiger partial charge is 0.488 e. The minimum Gasteiger partial charge on any atom is -0.488 e. The van der Waals surface area contributed by atoms with E-state index in [1.165, 1.54) is 0 Å². The van der Waals surface area contributed by atoms with Crippen LogP contribution in [0.3, 0.4) is 0 Å². The molecule has 0 atom stereocenters. The lowest BCUT2D eigenvalue weighted by Gasteiger charge is -2.14. The van der Waals surface area contributed by atoms with Crippen LogP contribution in [0.5, 0.6) is 5.75 Å². The number of carboxylic acids is 1. The van der Waals surface area contributed by atoms with Crippen molar-refractivity contribution in [3.05, 3.63) is 64.2 Å². The molecule has 0 saturated heterocycles. The molecular formula is C15H10ClF3O3. The average Bonchev–Trinajstić information content (AvgIpc) is 2.44. The molecule has 0 heterocycles. The highest BCUT2D eigenvalue weighted by molar-refractivity contribution is 6.30.